The molecule has 1 atom stereocenters. The van der Waals surface area contributed by atoms with E-state index in [0.29, 0.717) is 17.9 Å². The Morgan fingerprint density at radius 1 is 1.10 bits per heavy atom. The lowest BCUT2D eigenvalue weighted by Gasteiger charge is -2.26. The van der Waals surface area contributed by atoms with Crippen molar-refractivity contribution in [3.8, 4) is 0 Å². The van der Waals surface area contributed by atoms with Crippen LogP contribution in [-0.4, -0.2) is 66.2 Å². The molecule has 0 amide bonds. The zero-order valence-corrected chi connectivity index (χ0v) is 12.8. The molecule has 1 unspecified atom stereocenters. The number of anilines is 2. The van der Waals surface area contributed by atoms with Crippen molar-refractivity contribution in [3.05, 3.63) is 5.28 Å². The third-order valence-corrected chi connectivity index (χ3v) is 4.24. The lowest BCUT2D eigenvalue weighted by Crippen LogP contribution is -2.37. The summed E-state index contributed by atoms with van der Waals surface area (Å²) in [4.78, 5) is 19.7. The molecule has 1 aromatic heterocycles. The van der Waals surface area contributed by atoms with E-state index in [2.05, 4.69) is 24.8 Å². The van der Waals surface area contributed by atoms with E-state index in [9.17, 15) is 0 Å². The maximum Gasteiger partial charge on any atom is 0.231 e. The zero-order valence-electron chi connectivity index (χ0n) is 12.1. The third kappa shape index (κ3) is 2.81. The molecule has 0 bridgehead atoms. The molecular formula is C13H21ClN6. The van der Waals surface area contributed by atoms with Gasteiger partial charge in [0, 0.05) is 39.8 Å². The van der Waals surface area contributed by atoms with Crippen LogP contribution in [0.4, 0.5) is 11.9 Å². The fraction of sp³-hybridized carbons (Fsp3) is 0.769. The number of hydrogen-bond acceptors (Lipinski definition) is 6. The van der Waals surface area contributed by atoms with E-state index in [0.717, 1.165) is 19.5 Å². The van der Waals surface area contributed by atoms with E-state index >= 15 is 0 Å². The maximum absolute atomic E-state index is 6.04. The van der Waals surface area contributed by atoms with Crippen LogP contribution in [0.1, 0.15) is 19.3 Å². The number of hydrogen-bond donors (Lipinski definition) is 0. The summed E-state index contributed by atoms with van der Waals surface area (Å²) < 4.78 is 0. The molecule has 2 aliphatic heterocycles. The minimum absolute atomic E-state index is 0.270. The summed E-state index contributed by atoms with van der Waals surface area (Å²) in [5.74, 6) is 1.33. The number of halogens is 1. The minimum atomic E-state index is 0.270. The van der Waals surface area contributed by atoms with Crippen LogP contribution in [0.5, 0.6) is 0 Å². The lowest BCUT2D eigenvalue weighted by molar-refractivity contribution is 0.273. The smallest absolute Gasteiger partial charge is 0.231 e. The second kappa shape index (κ2) is 5.69. The van der Waals surface area contributed by atoms with Gasteiger partial charge in [0.05, 0.1) is 0 Å². The molecule has 7 heteroatoms. The molecule has 1 aromatic rings. The van der Waals surface area contributed by atoms with Crippen LogP contribution in [0.25, 0.3) is 0 Å². The van der Waals surface area contributed by atoms with Crippen molar-refractivity contribution in [1.29, 1.82) is 0 Å². The van der Waals surface area contributed by atoms with E-state index in [1.165, 1.54) is 25.9 Å². The van der Waals surface area contributed by atoms with Gasteiger partial charge in [-0.2, -0.15) is 15.0 Å². The SMILES string of the molecule is CN(C)c1nc(Cl)nc(N2CCCN3CCCC3C2)n1. The Labute approximate surface area is 124 Å². The van der Waals surface area contributed by atoms with Crippen LogP contribution in [0.3, 0.4) is 0 Å². The van der Waals surface area contributed by atoms with Gasteiger partial charge in [-0.3, -0.25) is 4.90 Å². The Bertz CT molecular complexity index is 480. The van der Waals surface area contributed by atoms with Gasteiger partial charge < -0.3 is 9.80 Å². The fourth-order valence-corrected chi connectivity index (χ4v) is 3.21. The zero-order chi connectivity index (χ0) is 14.1. The van der Waals surface area contributed by atoms with Gasteiger partial charge in [0.1, 0.15) is 0 Å². The third-order valence-electron chi connectivity index (χ3n) is 4.07. The van der Waals surface area contributed by atoms with E-state index in [-0.39, 0.29) is 5.28 Å². The first-order valence-electron chi connectivity index (χ1n) is 7.21. The Hall–Kier alpha value is -1.14. The fourth-order valence-electron chi connectivity index (χ4n) is 3.06. The lowest BCUT2D eigenvalue weighted by atomic mass is 10.2. The first-order valence-corrected chi connectivity index (χ1v) is 7.59. The van der Waals surface area contributed by atoms with Crippen molar-refractivity contribution in [3.63, 3.8) is 0 Å². The van der Waals surface area contributed by atoms with Crippen LogP contribution in [0.15, 0.2) is 0 Å². The molecule has 0 aromatic carbocycles. The van der Waals surface area contributed by atoms with Crippen molar-refractivity contribution in [2.75, 3.05) is 50.1 Å². The summed E-state index contributed by atoms with van der Waals surface area (Å²) in [6.07, 6.45) is 3.73. The molecule has 3 rings (SSSR count). The highest BCUT2D eigenvalue weighted by atomic mass is 35.5. The van der Waals surface area contributed by atoms with Gasteiger partial charge in [0.2, 0.25) is 17.2 Å². The monoisotopic (exact) mass is 296 g/mol. The van der Waals surface area contributed by atoms with E-state index in [1.807, 2.05) is 19.0 Å². The first-order chi connectivity index (χ1) is 9.63. The number of nitrogens with zero attached hydrogens (tertiary/aromatic N) is 6. The largest absolute Gasteiger partial charge is 0.347 e. The van der Waals surface area contributed by atoms with Crippen LogP contribution in [0, 0.1) is 0 Å². The summed E-state index contributed by atoms with van der Waals surface area (Å²) in [5, 5.41) is 0.270. The van der Waals surface area contributed by atoms with Crippen LogP contribution >= 0.6 is 11.6 Å². The molecule has 0 saturated carbocycles. The van der Waals surface area contributed by atoms with Gasteiger partial charge in [-0.1, -0.05) is 0 Å². The van der Waals surface area contributed by atoms with E-state index in [4.69, 9.17) is 11.6 Å². The second-order valence-corrected chi connectivity index (χ2v) is 6.07. The van der Waals surface area contributed by atoms with Gasteiger partial charge >= 0.3 is 0 Å². The quantitative estimate of drug-likeness (QED) is 0.819. The molecule has 0 aliphatic carbocycles. The predicted molar refractivity (Wildman–Crippen MR) is 80.6 cm³/mol. The number of rotatable bonds is 2. The minimum Gasteiger partial charge on any atom is -0.347 e. The maximum atomic E-state index is 6.04. The second-order valence-electron chi connectivity index (χ2n) is 5.73. The molecule has 0 radical (unpaired) electrons. The topological polar surface area (TPSA) is 48.4 Å². The number of fused-ring (bicyclic) bond motifs is 1. The van der Waals surface area contributed by atoms with Crippen LogP contribution in [-0.2, 0) is 0 Å². The van der Waals surface area contributed by atoms with E-state index < -0.39 is 0 Å². The van der Waals surface area contributed by atoms with Crippen molar-refractivity contribution < 1.29 is 0 Å². The molecule has 0 N–H and O–H groups in total. The molecule has 2 aliphatic rings. The normalized spacial score (nSPS) is 23.6. The summed E-state index contributed by atoms with van der Waals surface area (Å²) in [5.41, 5.74) is 0. The summed E-state index contributed by atoms with van der Waals surface area (Å²) >= 11 is 6.04. The van der Waals surface area contributed by atoms with Crippen molar-refractivity contribution in [2.45, 2.75) is 25.3 Å². The highest BCUT2D eigenvalue weighted by molar-refractivity contribution is 6.28. The summed E-state index contributed by atoms with van der Waals surface area (Å²) in [7, 11) is 3.83. The van der Waals surface area contributed by atoms with Crippen molar-refractivity contribution in [2.24, 2.45) is 0 Å². The van der Waals surface area contributed by atoms with Crippen molar-refractivity contribution in [1.82, 2.24) is 19.9 Å². The average molecular weight is 297 g/mol. The average Bonchev–Trinajstić information content (AvgIpc) is 2.75. The Morgan fingerprint density at radius 2 is 1.90 bits per heavy atom. The summed E-state index contributed by atoms with van der Waals surface area (Å²) in [6.45, 7) is 4.40. The highest BCUT2D eigenvalue weighted by Gasteiger charge is 2.29. The van der Waals surface area contributed by atoms with Gasteiger partial charge in [0.25, 0.3) is 0 Å². The highest BCUT2D eigenvalue weighted by Crippen LogP contribution is 2.24. The van der Waals surface area contributed by atoms with Gasteiger partial charge in [-0.15, -0.1) is 0 Å². The van der Waals surface area contributed by atoms with Gasteiger partial charge in [-0.05, 0) is 37.4 Å². The summed E-state index contributed by atoms with van der Waals surface area (Å²) in [6, 6.07) is 0.635. The molecular weight excluding hydrogens is 276 g/mol. The Morgan fingerprint density at radius 3 is 2.70 bits per heavy atom. The van der Waals surface area contributed by atoms with Crippen molar-refractivity contribution >= 4 is 23.5 Å². The first kappa shape index (κ1) is 13.8. The Kier molecular flexibility index (Phi) is 3.94. The molecule has 2 saturated heterocycles. The van der Waals surface area contributed by atoms with Crippen LogP contribution in [0.2, 0.25) is 5.28 Å². The molecule has 110 valence electrons. The number of aromatic nitrogens is 3. The standard InChI is InChI=1S/C13H21ClN6/c1-18(2)12-15-11(14)16-13(17-12)20-8-4-7-19-6-3-5-10(19)9-20/h10H,3-9H2,1-2H3. The van der Waals surface area contributed by atoms with Gasteiger partial charge in [0.15, 0.2) is 0 Å². The molecule has 0 spiro atoms. The van der Waals surface area contributed by atoms with Gasteiger partial charge in [-0.25, -0.2) is 0 Å². The predicted octanol–water partition coefficient (Wildman–Crippen LogP) is 1.27. The Balaban J connectivity index is 1.84. The molecule has 3 heterocycles. The molecule has 6 nitrogen and oxygen atoms in total. The van der Waals surface area contributed by atoms with E-state index in [1.54, 1.807) is 0 Å². The molecule has 20 heavy (non-hydrogen) atoms. The van der Waals surface area contributed by atoms with Crippen LogP contribution < -0.4 is 9.80 Å². The molecule has 2 fully saturated rings.